The maximum atomic E-state index is 5.74. The number of hydrogen-bond acceptors (Lipinski definition) is 2. The molecule has 0 saturated carbocycles. The summed E-state index contributed by atoms with van der Waals surface area (Å²) in [7, 11) is -0.246. The van der Waals surface area contributed by atoms with Crippen LogP contribution in [0.5, 0.6) is 0 Å². The molecule has 0 atom stereocenters. The summed E-state index contributed by atoms with van der Waals surface area (Å²) < 4.78 is 0. The molecule has 1 saturated heterocycles. The van der Waals surface area contributed by atoms with Gasteiger partial charge in [0.05, 0.1) is 10.0 Å². The van der Waals surface area contributed by atoms with Crippen LogP contribution in [-0.4, -0.2) is 7.12 Å². The molecule has 1 aliphatic rings. The van der Waals surface area contributed by atoms with Crippen LogP contribution in [0, 0.1) is 0 Å². The van der Waals surface area contributed by atoms with E-state index in [-0.39, 0.29) is 7.12 Å². The van der Waals surface area contributed by atoms with Crippen LogP contribution in [0.2, 0.25) is 10.0 Å². The van der Waals surface area contributed by atoms with Gasteiger partial charge in [-0.3, -0.25) is 9.61 Å². The van der Waals surface area contributed by atoms with Gasteiger partial charge < -0.3 is 0 Å². The molecule has 1 fully saturated rings. The Morgan fingerprint density at radius 2 is 1.82 bits per heavy atom. The molecular weight excluding hydrogens is 186 g/mol. The summed E-state index contributed by atoms with van der Waals surface area (Å²) in [5.74, 6) is 0. The Morgan fingerprint density at radius 1 is 1.09 bits per heavy atom. The highest BCUT2D eigenvalue weighted by Crippen LogP contribution is 2.20. The number of rotatable bonds is 1. The zero-order valence-corrected chi connectivity index (χ0v) is 6.89. The Hall–Kier alpha value is -0.215. The number of halogens is 2. The van der Waals surface area contributed by atoms with Crippen molar-refractivity contribution in [2.24, 2.45) is 0 Å². The quantitative estimate of drug-likeness (QED) is 0.381. The SMILES string of the molecule is Clc1ccc(B2OO2)cc1Cl. The molecule has 2 rings (SSSR count). The number of hydrogen-bond donors (Lipinski definition) is 0. The van der Waals surface area contributed by atoms with Crippen molar-refractivity contribution < 1.29 is 9.61 Å². The minimum absolute atomic E-state index is 0.246. The third kappa shape index (κ3) is 1.51. The van der Waals surface area contributed by atoms with Crippen LogP contribution in [0.25, 0.3) is 0 Å². The largest absolute Gasteiger partial charge is 0.550 e. The van der Waals surface area contributed by atoms with Crippen LogP contribution < -0.4 is 5.46 Å². The Morgan fingerprint density at radius 3 is 2.36 bits per heavy atom. The molecule has 0 aromatic heterocycles. The first-order valence-electron chi connectivity index (χ1n) is 3.04. The van der Waals surface area contributed by atoms with Crippen LogP contribution in [0.15, 0.2) is 18.2 Å². The van der Waals surface area contributed by atoms with Gasteiger partial charge in [-0.15, -0.1) is 0 Å². The van der Waals surface area contributed by atoms with Crippen molar-refractivity contribution in [3.63, 3.8) is 0 Å². The van der Waals surface area contributed by atoms with E-state index in [9.17, 15) is 0 Å². The lowest BCUT2D eigenvalue weighted by molar-refractivity contribution is 0.0850. The molecule has 56 valence electrons. The van der Waals surface area contributed by atoms with Crippen molar-refractivity contribution in [2.45, 2.75) is 0 Å². The van der Waals surface area contributed by atoms with Gasteiger partial charge in [0, 0.05) is 0 Å². The van der Waals surface area contributed by atoms with Crippen molar-refractivity contribution in [3.05, 3.63) is 28.2 Å². The second kappa shape index (κ2) is 2.68. The first-order valence-corrected chi connectivity index (χ1v) is 3.80. The zero-order valence-electron chi connectivity index (χ0n) is 5.38. The first kappa shape index (κ1) is 7.43. The summed E-state index contributed by atoms with van der Waals surface area (Å²) in [6.45, 7) is 0. The van der Waals surface area contributed by atoms with Crippen LogP contribution in [0.1, 0.15) is 0 Å². The lowest BCUT2D eigenvalue weighted by Gasteiger charge is -1.94. The molecule has 0 N–H and O–H groups in total. The predicted molar refractivity (Wildman–Crippen MR) is 44.0 cm³/mol. The molecule has 0 amide bonds. The van der Waals surface area contributed by atoms with Gasteiger partial charge in [0.25, 0.3) is 0 Å². The van der Waals surface area contributed by atoms with Gasteiger partial charge in [0.1, 0.15) is 0 Å². The second-order valence-corrected chi connectivity index (χ2v) is 3.01. The Labute approximate surface area is 74.1 Å². The van der Waals surface area contributed by atoms with Crippen LogP contribution in [-0.2, 0) is 9.61 Å². The van der Waals surface area contributed by atoms with Gasteiger partial charge >= 0.3 is 7.12 Å². The smallest absolute Gasteiger partial charge is 0.267 e. The van der Waals surface area contributed by atoms with Crippen molar-refractivity contribution in [2.75, 3.05) is 0 Å². The van der Waals surface area contributed by atoms with Gasteiger partial charge in [-0.2, -0.15) is 0 Å². The van der Waals surface area contributed by atoms with E-state index in [1.54, 1.807) is 12.1 Å². The van der Waals surface area contributed by atoms with Crippen molar-refractivity contribution >= 4 is 35.8 Å². The average Bonchev–Trinajstić information content (AvgIpc) is 2.77. The lowest BCUT2D eigenvalue weighted by atomic mass is 9.83. The van der Waals surface area contributed by atoms with Crippen molar-refractivity contribution in [1.82, 2.24) is 0 Å². The maximum absolute atomic E-state index is 5.74. The third-order valence-corrected chi connectivity index (χ3v) is 2.15. The molecule has 1 aliphatic heterocycles. The van der Waals surface area contributed by atoms with E-state index in [0.717, 1.165) is 5.46 Å². The molecule has 11 heavy (non-hydrogen) atoms. The fourth-order valence-electron chi connectivity index (χ4n) is 0.798. The zero-order chi connectivity index (χ0) is 7.84. The average molecular weight is 189 g/mol. The minimum Gasteiger partial charge on any atom is -0.267 e. The molecule has 1 heterocycles. The van der Waals surface area contributed by atoms with E-state index >= 15 is 0 Å². The van der Waals surface area contributed by atoms with E-state index in [1.807, 2.05) is 6.07 Å². The van der Waals surface area contributed by atoms with Gasteiger partial charge in [0.15, 0.2) is 0 Å². The van der Waals surface area contributed by atoms with E-state index < -0.39 is 0 Å². The summed E-state index contributed by atoms with van der Waals surface area (Å²) in [5.41, 5.74) is 0.888. The highest BCUT2D eigenvalue weighted by atomic mass is 35.5. The molecule has 0 aliphatic carbocycles. The fourth-order valence-corrected chi connectivity index (χ4v) is 1.10. The summed E-state index contributed by atoms with van der Waals surface area (Å²) in [6, 6.07) is 5.25. The molecule has 5 heteroatoms. The van der Waals surface area contributed by atoms with Gasteiger partial charge in [0.2, 0.25) is 0 Å². The van der Waals surface area contributed by atoms with Gasteiger partial charge in [-0.05, 0) is 17.6 Å². The van der Waals surface area contributed by atoms with E-state index in [2.05, 4.69) is 9.61 Å². The molecule has 2 nitrogen and oxygen atoms in total. The van der Waals surface area contributed by atoms with Crippen LogP contribution in [0.4, 0.5) is 0 Å². The Kier molecular flexibility index (Phi) is 1.81. The van der Waals surface area contributed by atoms with Crippen LogP contribution >= 0.6 is 23.2 Å². The summed E-state index contributed by atoms with van der Waals surface area (Å²) >= 11 is 11.4. The molecule has 1 aromatic rings. The standard InChI is InChI=1S/C6H3BCl2O2/c8-5-2-1-4(3-6(5)9)7-10-11-7/h1-3H. The molecule has 0 spiro atoms. The summed E-state index contributed by atoms with van der Waals surface area (Å²) in [5, 5.41) is 1.05. The monoisotopic (exact) mass is 188 g/mol. The van der Waals surface area contributed by atoms with Gasteiger partial charge in [-0.25, -0.2) is 0 Å². The molecule has 0 bridgehead atoms. The lowest BCUT2D eigenvalue weighted by Crippen LogP contribution is -2.15. The topological polar surface area (TPSA) is 25.1 Å². The Balaban J connectivity index is 2.36. The summed E-state index contributed by atoms with van der Waals surface area (Å²) in [4.78, 5) is 9.18. The molecule has 0 unspecified atom stereocenters. The first-order chi connectivity index (χ1) is 5.27. The number of benzene rings is 1. The summed E-state index contributed by atoms with van der Waals surface area (Å²) in [6.07, 6.45) is 0. The third-order valence-electron chi connectivity index (χ3n) is 1.41. The molecule has 1 aromatic carbocycles. The van der Waals surface area contributed by atoms with Gasteiger partial charge in [-0.1, -0.05) is 29.3 Å². The van der Waals surface area contributed by atoms with E-state index in [1.165, 1.54) is 0 Å². The highest BCUT2D eigenvalue weighted by Gasteiger charge is 2.37. The Bertz CT molecular complexity index is 288. The second-order valence-electron chi connectivity index (χ2n) is 2.20. The fraction of sp³-hybridized carbons (Fsp3) is 0. The van der Waals surface area contributed by atoms with E-state index in [4.69, 9.17) is 23.2 Å². The normalized spacial score (nSPS) is 15.3. The molecular formula is C6H3BCl2O2. The minimum atomic E-state index is -0.246. The maximum Gasteiger partial charge on any atom is 0.550 e. The predicted octanol–water partition coefficient (Wildman–Crippen LogP) is 1.65. The van der Waals surface area contributed by atoms with Crippen molar-refractivity contribution in [1.29, 1.82) is 0 Å². The van der Waals surface area contributed by atoms with Crippen molar-refractivity contribution in [3.8, 4) is 0 Å². The van der Waals surface area contributed by atoms with E-state index in [0.29, 0.717) is 10.0 Å². The van der Waals surface area contributed by atoms with Crippen LogP contribution in [0.3, 0.4) is 0 Å². The molecule has 0 radical (unpaired) electrons. The highest BCUT2D eigenvalue weighted by molar-refractivity contribution is 6.66.